The van der Waals surface area contributed by atoms with E-state index in [0.717, 1.165) is 36.7 Å². The minimum Gasteiger partial charge on any atom is -0.361 e. The molecule has 1 atom stereocenters. The lowest BCUT2D eigenvalue weighted by Crippen LogP contribution is -2.39. The molecule has 1 fully saturated rings. The fourth-order valence-corrected chi connectivity index (χ4v) is 3.00. The van der Waals surface area contributed by atoms with Crippen molar-refractivity contribution < 1.29 is 9.32 Å². The molecule has 1 aliphatic heterocycles. The van der Waals surface area contributed by atoms with Crippen LogP contribution in [0.5, 0.6) is 0 Å². The first-order chi connectivity index (χ1) is 11.0. The predicted molar refractivity (Wildman–Crippen MR) is 87.4 cm³/mol. The van der Waals surface area contributed by atoms with Crippen LogP contribution < -0.4 is 4.90 Å². The van der Waals surface area contributed by atoms with E-state index in [1.165, 1.54) is 0 Å². The van der Waals surface area contributed by atoms with Crippen molar-refractivity contribution in [2.75, 3.05) is 25.0 Å². The number of nitrogens with zero attached hydrogens (tertiary/aromatic N) is 4. The van der Waals surface area contributed by atoms with Gasteiger partial charge in [0.05, 0.1) is 17.6 Å². The van der Waals surface area contributed by atoms with Gasteiger partial charge in [-0.05, 0) is 31.9 Å². The molecule has 0 spiro atoms. The van der Waals surface area contributed by atoms with Crippen LogP contribution in [0.15, 0.2) is 28.9 Å². The zero-order valence-electron chi connectivity index (χ0n) is 13.2. The van der Waals surface area contributed by atoms with Crippen LogP contribution in [-0.4, -0.2) is 41.1 Å². The fourth-order valence-electron chi connectivity index (χ4n) is 2.88. The highest BCUT2D eigenvalue weighted by molar-refractivity contribution is 6.30. The van der Waals surface area contributed by atoms with E-state index in [9.17, 15) is 4.79 Å². The van der Waals surface area contributed by atoms with Gasteiger partial charge in [0.2, 0.25) is 5.91 Å². The van der Waals surface area contributed by atoms with Crippen molar-refractivity contribution in [1.82, 2.24) is 15.0 Å². The van der Waals surface area contributed by atoms with Gasteiger partial charge in [0.15, 0.2) is 0 Å². The molecular formula is C16H19ClN4O2. The third-order valence-corrected chi connectivity index (χ3v) is 4.26. The lowest BCUT2D eigenvalue weighted by molar-refractivity contribution is -0.130. The first-order valence-corrected chi connectivity index (χ1v) is 7.98. The van der Waals surface area contributed by atoms with E-state index in [2.05, 4.69) is 10.1 Å². The second-order valence-electron chi connectivity index (χ2n) is 5.80. The Kier molecular flexibility index (Phi) is 4.52. The normalized spacial score (nSPS) is 17.5. The number of likely N-dealkylation sites (N-methyl/N-ethyl adjacent to an activating group) is 1. The molecule has 7 heteroatoms. The smallest absolute Gasteiger partial charge is 0.242 e. The van der Waals surface area contributed by atoms with Gasteiger partial charge in [-0.15, -0.1) is 0 Å². The van der Waals surface area contributed by atoms with Gasteiger partial charge >= 0.3 is 0 Å². The first kappa shape index (κ1) is 15.8. The molecule has 0 bridgehead atoms. The van der Waals surface area contributed by atoms with E-state index in [4.69, 9.17) is 16.1 Å². The van der Waals surface area contributed by atoms with Gasteiger partial charge in [-0.3, -0.25) is 4.79 Å². The monoisotopic (exact) mass is 334 g/mol. The van der Waals surface area contributed by atoms with E-state index in [1.807, 2.05) is 29.8 Å². The van der Waals surface area contributed by atoms with Crippen LogP contribution in [0.25, 0.3) is 0 Å². The summed E-state index contributed by atoms with van der Waals surface area (Å²) in [6.45, 7) is 2.87. The van der Waals surface area contributed by atoms with Crippen molar-refractivity contribution >= 4 is 23.3 Å². The Balaban J connectivity index is 1.68. The third kappa shape index (κ3) is 3.47. The molecule has 0 aliphatic carbocycles. The number of aromatic nitrogens is 2. The van der Waals surface area contributed by atoms with Crippen molar-refractivity contribution in [3.05, 3.63) is 40.9 Å². The Morgan fingerprint density at radius 3 is 3.00 bits per heavy atom. The maximum atomic E-state index is 12.7. The molecule has 0 saturated carbocycles. The molecule has 1 saturated heterocycles. The Morgan fingerprint density at radius 1 is 1.52 bits per heavy atom. The Hall–Kier alpha value is -2.08. The molecular weight excluding hydrogens is 316 g/mol. The number of anilines is 1. The van der Waals surface area contributed by atoms with Gasteiger partial charge in [0.25, 0.3) is 0 Å². The second-order valence-corrected chi connectivity index (χ2v) is 6.23. The van der Waals surface area contributed by atoms with E-state index >= 15 is 0 Å². The van der Waals surface area contributed by atoms with Crippen LogP contribution in [0.3, 0.4) is 0 Å². The van der Waals surface area contributed by atoms with Crippen molar-refractivity contribution in [3.8, 4) is 0 Å². The zero-order valence-corrected chi connectivity index (χ0v) is 14.0. The molecule has 0 N–H and O–H groups in total. The molecule has 1 unspecified atom stereocenters. The number of carbonyl (C=O) groups is 1. The molecule has 0 radical (unpaired) electrons. The highest BCUT2D eigenvalue weighted by Gasteiger charge is 2.32. The maximum Gasteiger partial charge on any atom is 0.242 e. The summed E-state index contributed by atoms with van der Waals surface area (Å²) in [6, 6.07) is 5.48. The van der Waals surface area contributed by atoms with Gasteiger partial charge in [0.1, 0.15) is 17.3 Å². The number of halogens is 1. The van der Waals surface area contributed by atoms with E-state index in [0.29, 0.717) is 5.02 Å². The number of pyridine rings is 1. The summed E-state index contributed by atoms with van der Waals surface area (Å²) in [5.41, 5.74) is 0.834. The molecule has 6 nitrogen and oxygen atoms in total. The summed E-state index contributed by atoms with van der Waals surface area (Å²) in [5, 5.41) is 4.65. The fraction of sp³-hybridized carbons (Fsp3) is 0.438. The SMILES string of the molecule is Cc1cc(C2CCCN2C(=O)CN(C)c2ccc(Cl)cn2)no1. The summed E-state index contributed by atoms with van der Waals surface area (Å²) >= 11 is 5.84. The molecule has 1 amide bonds. The van der Waals surface area contributed by atoms with E-state index in [1.54, 1.807) is 18.3 Å². The Bertz CT molecular complexity index is 686. The average Bonchev–Trinajstić information content (AvgIpc) is 3.16. The van der Waals surface area contributed by atoms with Crippen molar-refractivity contribution in [1.29, 1.82) is 0 Å². The van der Waals surface area contributed by atoms with Crippen LogP contribution in [-0.2, 0) is 4.79 Å². The Morgan fingerprint density at radius 2 is 2.35 bits per heavy atom. The van der Waals surface area contributed by atoms with Crippen LogP contribution in [0, 0.1) is 6.92 Å². The van der Waals surface area contributed by atoms with Crippen LogP contribution in [0.2, 0.25) is 5.02 Å². The Labute approximate surface area is 140 Å². The van der Waals surface area contributed by atoms with Crippen LogP contribution >= 0.6 is 11.6 Å². The summed E-state index contributed by atoms with van der Waals surface area (Å²) in [4.78, 5) is 20.6. The number of aryl methyl sites for hydroxylation is 1. The number of rotatable bonds is 4. The topological polar surface area (TPSA) is 62.5 Å². The van der Waals surface area contributed by atoms with Gasteiger partial charge in [-0.25, -0.2) is 4.98 Å². The van der Waals surface area contributed by atoms with Crippen molar-refractivity contribution in [2.45, 2.75) is 25.8 Å². The first-order valence-electron chi connectivity index (χ1n) is 7.60. The van der Waals surface area contributed by atoms with Crippen LogP contribution in [0.4, 0.5) is 5.82 Å². The van der Waals surface area contributed by atoms with Gasteiger partial charge in [-0.1, -0.05) is 16.8 Å². The quantitative estimate of drug-likeness (QED) is 0.860. The summed E-state index contributed by atoms with van der Waals surface area (Å²) < 4.78 is 5.15. The molecule has 3 heterocycles. The number of carbonyl (C=O) groups excluding carboxylic acids is 1. The molecule has 23 heavy (non-hydrogen) atoms. The van der Waals surface area contributed by atoms with E-state index in [-0.39, 0.29) is 18.5 Å². The van der Waals surface area contributed by atoms with Gasteiger partial charge in [0, 0.05) is 25.9 Å². The standard InChI is InChI=1S/C16H19ClN4O2/c1-11-8-13(19-23-11)14-4-3-7-21(14)16(22)10-20(2)15-6-5-12(17)9-18-15/h5-6,8-9,14H,3-4,7,10H2,1-2H3. The minimum absolute atomic E-state index is 0.00604. The molecule has 0 aromatic carbocycles. The average molecular weight is 335 g/mol. The minimum atomic E-state index is 0.00604. The molecule has 1 aliphatic rings. The molecule has 2 aromatic heterocycles. The second kappa shape index (κ2) is 6.58. The summed E-state index contributed by atoms with van der Waals surface area (Å²) in [5.74, 6) is 1.55. The lowest BCUT2D eigenvalue weighted by Gasteiger charge is -2.26. The number of hydrogen-bond donors (Lipinski definition) is 0. The highest BCUT2D eigenvalue weighted by atomic mass is 35.5. The highest BCUT2D eigenvalue weighted by Crippen LogP contribution is 2.31. The number of likely N-dealkylation sites (tertiary alicyclic amines) is 1. The summed E-state index contributed by atoms with van der Waals surface area (Å²) in [6.07, 6.45) is 3.47. The van der Waals surface area contributed by atoms with Crippen LogP contribution in [0.1, 0.15) is 30.3 Å². The maximum absolute atomic E-state index is 12.7. The number of amides is 1. The van der Waals surface area contributed by atoms with Gasteiger partial charge in [-0.2, -0.15) is 0 Å². The van der Waals surface area contributed by atoms with E-state index < -0.39 is 0 Å². The van der Waals surface area contributed by atoms with Crippen molar-refractivity contribution in [3.63, 3.8) is 0 Å². The molecule has 3 rings (SSSR count). The van der Waals surface area contributed by atoms with Gasteiger partial charge < -0.3 is 14.3 Å². The van der Waals surface area contributed by atoms with Crippen molar-refractivity contribution in [2.24, 2.45) is 0 Å². The lowest BCUT2D eigenvalue weighted by atomic mass is 10.1. The predicted octanol–water partition coefficient (Wildman–Crippen LogP) is 2.83. The number of hydrogen-bond acceptors (Lipinski definition) is 5. The molecule has 122 valence electrons. The zero-order chi connectivity index (χ0) is 16.4. The third-order valence-electron chi connectivity index (χ3n) is 4.04. The largest absolute Gasteiger partial charge is 0.361 e. The molecule has 2 aromatic rings. The summed E-state index contributed by atoms with van der Waals surface area (Å²) in [7, 11) is 1.85.